The monoisotopic (exact) mass is 251 g/mol. The second-order valence-electron chi connectivity index (χ2n) is 5.84. The Morgan fingerprint density at radius 2 is 2.33 bits per heavy atom. The summed E-state index contributed by atoms with van der Waals surface area (Å²) in [6.07, 6.45) is 3.67. The molecule has 1 atom stereocenters. The van der Waals surface area contributed by atoms with Crippen molar-refractivity contribution in [2.75, 3.05) is 0 Å². The van der Waals surface area contributed by atoms with E-state index in [-0.39, 0.29) is 5.76 Å². The average Bonchev–Trinajstić information content (AvgIpc) is 2.78. The van der Waals surface area contributed by atoms with Gasteiger partial charge in [0, 0.05) is 11.6 Å². The molecule has 0 bridgehead atoms. The number of aromatic carboxylic acids is 1. The predicted molar refractivity (Wildman–Crippen MR) is 68.7 cm³/mol. The van der Waals surface area contributed by atoms with Gasteiger partial charge in [0.15, 0.2) is 0 Å². The Bertz CT molecular complexity index is 448. The zero-order chi connectivity index (χ0) is 13.3. The van der Waals surface area contributed by atoms with E-state index in [2.05, 4.69) is 19.2 Å². The van der Waals surface area contributed by atoms with Crippen LogP contribution in [0.2, 0.25) is 0 Å². The third-order valence-electron chi connectivity index (χ3n) is 3.94. The standard InChI is InChI=1S/C14H21NO3/c1-9-7-10(18-12(9)13(16)17)8-15-11-5-4-6-14(11,2)3/h7,11,15H,4-6,8H2,1-3H3,(H,16,17). The summed E-state index contributed by atoms with van der Waals surface area (Å²) in [6.45, 7) is 6.90. The minimum absolute atomic E-state index is 0.0532. The van der Waals surface area contributed by atoms with Gasteiger partial charge in [-0.15, -0.1) is 0 Å². The molecule has 0 aromatic carbocycles. The van der Waals surface area contributed by atoms with E-state index < -0.39 is 5.97 Å². The number of rotatable bonds is 4. The molecule has 0 amide bonds. The van der Waals surface area contributed by atoms with E-state index in [0.717, 1.165) is 0 Å². The summed E-state index contributed by atoms with van der Waals surface area (Å²) in [6, 6.07) is 2.29. The lowest BCUT2D eigenvalue weighted by Gasteiger charge is -2.27. The van der Waals surface area contributed by atoms with Crippen LogP contribution >= 0.6 is 0 Å². The Labute approximate surface area is 107 Å². The summed E-state index contributed by atoms with van der Waals surface area (Å²) >= 11 is 0. The number of furan rings is 1. The van der Waals surface area contributed by atoms with Crippen molar-refractivity contribution in [3.63, 3.8) is 0 Å². The predicted octanol–water partition coefficient (Wildman–Crippen LogP) is 2.95. The summed E-state index contributed by atoms with van der Waals surface area (Å²) in [5, 5.41) is 12.4. The van der Waals surface area contributed by atoms with E-state index in [9.17, 15) is 4.79 Å². The van der Waals surface area contributed by atoms with E-state index >= 15 is 0 Å². The fourth-order valence-electron chi connectivity index (χ4n) is 2.78. The fourth-order valence-corrected chi connectivity index (χ4v) is 2.78. The Kier molecular flexibility index (Phi) is 3.48. The van der Waals surface area contributed by atoms with Crippen LogP contribution < -0.4 is 5.32 Å². The van der Waals surface area contributed by atoms with Crippen molar-refractivity contribution in [1.82, 2.24) is 5.32 Å². The molecule has 1 saturated carbocycles. The lowest BCUT2D eigenvalue weighted by atomic mass is 9.87. The van der Waals surface area contributed by atoms with E-state index in [0.29, 0.717) is 29.3 Å². The topological polar surface area (TPSA) is 62.5 Å². The van der Waals surface area contributed by atoms with E-state index in [1.807, 2.05) is 0 Å². The summed E-state index contributed by atoms with van der Waals surface area (Å²) in [5.41, 5.74) is 1.00. The van der Waals surface area contributed by atoms with Crippen LogP contribution in [-0.2, 0) is 6.54 Å². The Hall–Kier alpha value is -1.29. The van der Waals surface area contributed by atoms with Gasteiger partial charge in [-0.3, -0.25) is 0 Å². The molecule has 4 heteroatoms. The number of carbonyl (C=O) groups is 1. The Morgan fingerprint density at radius 1 is 1.61 bits per heavy atom. The molecule has 2 rings (SSSR count). The van der Waals surface area contributed by atoms with Crippen LogP contribution in [0, 0.1) is 12.3 Å². The van der Waals surface area contributed by atoms with Crippen LogP contribution in [0.4, 0.5) is 0 Å². The third-order valence-corrected chi connectivity index (χ3v) is 3.94. The van der Waals surface area contributed by atoms with Crippen LogP contribution in [0.5, 0.6) is 0 Å². The molecule has 100 valence electrons. The molecule has 2 N–H and O–H groups in total. The molecule has 0 aliphatic heterocycles. The van der Waals surface area contributed by atoms with Gasteiger partial charge in [0.1, 0.15) is 5.76 Å². The van der Waals surface area contributed by atoms with E-state index in [1.54, 1.807) is 13.0 Å². The second-order valence-corrected chi connectivity index (χ2v) is 5.84. The maximum atomic E-state index is 10.9. The van der Waals surface area contributed by atoms with Gasteiger partial charge in [0.2, 0.25) is 5.76 Å². The summed E-state index contributed by atoms with van der Waals surface area (Å²) in [5.74, 6) is -0.245. The zero-order valence-corrected chi connectivity index (χ0v) is 11.2. The van der Waals surface area contributed by atoms with Crippen LogP contribution in [-0.4, -0.2) is 17.1 Å². The normalized spacial score (nSPS) is 22.3. The molecule has 0 spiro atoms. The molecular formula is C14H21NO3. The third kappa shape index (κ3) is 2.58. The van der Waals surface area contributed by atoms with Crippen LogP contribution in [0.15, 0.2) is 10.5 Å². The van der Waals surface area contributed by atoms with Crippen LogP contribution in [0.25, 0.3) is 0 Å². The molecule has 1 aliphatic carbocycles. The summed E-state index contributed by atoms with van der Waals surface area (Å²) in [7, 11) is 0. The lowest BCUT2D eigenvalue weighted by Crippen LogP contribution is -2.37. The van der Waals surface area contributed by atoms with Crippen molar-refractivity contribution in [3.05, 3.63) is 23.2 Å². The fraction of sp³-hybridized carbons (Fsp3) is 0.643. The van der Waals surface area contributed by atoms with Crippen molar-refractivity contribution in [2.45, 2.75) is 52.6 Å². The molecule has 1 unspecified atom stereocenters. The molecule has 1 fully saturated rings. The van der Waals surface area contributed by atoms with Gasteiger partial charge in [0.05, 0.1) is 6.54 Å². The van der Waals surface area contributed by atoms with E-state index in [1.165, 1.54) is 19.3 Å². The Balaban J connectivity index is 1.98. The quantitative estimate of drug-likeness (QED) is 0.863. The first-order chi connectivity index (χ1) is 8.40. The highest BCUT2D eigenvalue weighted by atomic mass is 16.4. The first kappa shape index (κ1) is 13.1. The molecule has 1 heterocycles. The van der Waals surface area contributed by atoms with Crippen LogP contribution in [0.3, 0.4) is 0 Å². The number of hydrogen-bond acceptors (Lipinski definition) is 3. The summed E-state index contributed by atoms with van der Waals surface area (Å²) in [4.78, 5) is 10.9. The molecule has 0 saturated heterocycles. The maximum Gasteiger partial charge on any atom is 0.372 e. The highest BCUT2D eigenvalue weighted by molar-refractivity contribution is 5.86. The van der Waals surface area contributed by atoms with Crippen molar-refractivity contribution in [2.24, 2.45) is 5.41 Å². The number of nitrogens with one attached hydrogen (secondary N) is 1. The van der Waals surface area contributed by atoms with Gasteiger partial charge in [-0.05, 0) is 31.2 Å². The van der Waals surface area contributed by atoms with E-state index in [4.69, 9.17) is 9.52 Å². The highest BCUT2D eigenvalue weighted by Gasteiger charge is 2.34. The Morgan fingerprint density at radius 3 is 2.83 bits per heavy atom. The second kappa shape index (κ2) is 4.76. The molecular weight excluding hydrogens is 230 g/mol. The first-order valence-electron chi connectivity index (χ1n) is 6.46. The van der Waals surface area contributed by atoms with Crippen molar-refractivity contribution < 1.29 is 14.3 Å². The van der Waals surface area contributed by atoms with Crippen molar-refractivity contribution in [3.8, 4) is 0 Å². The molecule has 1 aromatic rings. The molecule has 0 radical (unpaired) electrons. The molecule has 1 aromatic heterocycles. The SMILES string of the molecule is Cc1cc(CNC2CCCC2(C)C)oc1C(=O)O. The number of carboxylic acid groups (broad SMARTS) is 1. The maximum absolute atomic E-state index is 10.9. The van der Waals surface area contributed by atoms with Gasteiger partial charge >= 0.3 is 5.97 Å². The minimum atomic E-state index is -1.00. The lowest BCUT2D eigenvalue weighted by molar-refractivity contribution is 0.0659. The smallest absolute Gasteiger partial charge is 0.372 e. The number of aryl methyl sites for hydroxylation is 1. The van der Waals surface area contributed by atoms with Crippen molar-refractivity contribution in [1.29, 1.82) is 0 Å². The van der Waals surface area contributed by atoms with Gasteiger partial charge in [-0.1, -0.05) is 20.3 Å². The summed E-state index contributed by atoms with van der Waals surface area (Å²) < 4.78 is 5.34. The number of hydrogen-bond donors (Lipinski definition) is 2. The molecule has 4 nitrogen and oxygen atoms in total. The number of carboxylic acids is 1. The highest BCUT2D eigenvalue weighted by Crippen LogP contribution is 2.37. The average molecular weight is 251 g/mol. The molecule has 18 heavy (non-hydrogen) atoms. The van der Waals surface area contributed by atoms with Gasteiger partial charge < -0.3 is 14.8 Å². The first-order valence-corrected chi connectivity index (χ1v) is 6.46. The largest absolute Gasteiger partial charge is 0.475 e. The van der Waals surface area contributed by atoms with Crippen molar-refractivity contribution >= 4 is 5.97 Å². The van der Waals surface area contributed by atoms with Crippen LogP contribution in [0.1, 0.15) is 55.0 Å². The van der Waals surface area contributed by atoms with Gasteiger partial charge in [-0.2, -0.15) is 0 Å². The minimum Gasteiger partial charge on any atom is -0.475 e. The van der Waals surface area contributed by atoms with Gasteiger partial charge in [-0.25, -0.2) is 4.79 Å². The van der Waals surface area contributed by atoms with Gasteiger partial charge in [0.25, 0.3) is 0 Å². The molecule has 1 aliphatic rings. The zero-order valence-electron chi connectivity index (χ0n) is 11.2.